The first-order valence-corrected chi connectivity index (χ1v) is 7.89. The first-order chi connectivity index (χ1) is 9.49. The molecule has 2 rings (SSSR count). The van der Waals surface area contributed by atoms with Gasteiger partial charge in [0.25, 0.3) is 0 Å². The van der Waals surface area contributed by atoms with Gasteiger partial charge in [-0.15, -0.1) is 0 Å². The minimum absolute atomic E-state index is 0.102. The molecule has 1 atom stereocenters. The van der Waals surface area contributed by atoms with E-state index in [0.29, 0.717) is 0 Å². The Morgan fingerprint density at radius 1 is 1.20 bits per heavy atom. The Bertz CT molecular complexity index is 602. The summed E-state index contributed by atoms with van der Waals surface area (Å²) in [5, 5.41) is 0. The summed E-state index contributed by atoms with van der Waals surface area (Å²) in [4.78, 5) is 4.40. The van der Waals surface area contributed by atoms with E-state index in [1.807, 2.05) is 44.2 Å². The van der Waals surface area contributed by atoms with Crippen LogP contribution >= 0.6 is 31.9 Å². The van der Waals surface area contributed by atoms with Crippen molar-refractivity contribution in [3.8, 4) is 5.75 Å². The maximum Gasteiger partial charge on any atom is 0.124 e. The second-order valence-corrected chi connectivity index (χ2v) is 6.47. The van der Waals surface area contributed by atoms with Crippen LogP contribution in [0.4, 0.5) is 0 Å². The highest BCUT2D eigenvalue weighted by atomic mass is 79.9. The third-order valence-corrected chi connectivity index (χ3v) is 3.82. The van der Waals surface area contributed by atoms with Gasteiger partial charge in [-0.1, -0.05) is 18.2 Å². The molecular formula is C15H16Br2N2O. The molecule has 0 radical (unpaired) electrons. The van der Waals surface area contributed by atoms with Crippen LogP contribution in [0.25, 0.3) is 0 Å². The van der Waals surface area contributed by atoms with Gasteiger partial charge < -0.3 is 10.5 Å². The highest BCUT2D eigenvalue weighted by Crippen LogP contribution is 2.32. The van der Waals surface area contributed by atoms with Gasteiger partial charge in [0.1, 0.15) is 5.75 Å². The topological polar surface area (TPSA) is 48.1 Å². The fourth-order valence-corrected chi connectivity index (χ4v) is 3.13. The van der Waals surface area contributed by atoms with Crippen molar-refractivity contribution >= 4 is 31.9 Å². The van der Waals surface area contributed by atoms with E-state index in [4.69, 9.17) is 10.5 Å². The molecule has 0 aliphatic rings. The molecule has 3 nitrogen and oxygen atoms in total. The van der Waals surface area contributed by atoms with E-state index in [-0.39, 0.29) is 12.1 Å². The predicted molar refractivity (Wildman–Crippen MR) is 87.9 cm³/mol. The number of nitrogens with zero attached hydrogens (tertiary/aromatic N) is 1. The zero-order valence-corrected chi connectivity index (χ0v) is 14.5. The lowest BCUT2D eigenvalue weighted by Crippen LogP contribution is -2.17. The molecule has 0 spiro atoms. The van der Waals surface area contributed by atoms with Gasteiger partial charge in [-0.3, -0.25) is 4.98 Å². The van der Waals surface area contributed by atoms with Crippen LogP contribution < -0.4 is 10.5 Å². The van der Waals surface area contributed by atoms with Crippen molar-refractivity contribution in [3.63, 3.8) is 0 Å². The molecule has 1 unspecified atom stereocenters. The standard InChI is InChI=1S/C15H16Br2N2O/c1-9(2)20-13-6-4-3-5-11(13)14(18)15-12(17)7-10(16)8-19-15/h3-9,14H,18H2,1-2H3. The molecular weight excluding hydrogens is 384 g/mol. The van der Waals surface area contributed by atoms with Crippen molar-refractivity contribution < 1.29 is 4.74 Å². The molecule has 0 bridgehead atoms. The van der Waals surface area contributed by atoms with Crippen LogP contribution in [-0.4, -0.2) is 11.1 Å². The maximum absolute atomic E-state index is 6.36. The van der Waals surface area contributed by atoms with E-state index in [0.717, 1.165) is 26.0 Å². The van der Waals surface area contributed by atoms with Crippen LogP contribution in [0.3, 0.4) is 0 Å². The molecule has 106 valence electrons. The normalized spacial score (nSPS) is 12.5. The average molecular weight is 400 g/mol. The number of hydrogen-bond acceptors (Lipinski definition) is 3. The number of hydrogen-bond donors (Lipinski definition) is 1. The van der Waals surface area contributed by atoms with E-state index in [2.05, 4.69) is 36.8 Å². The van der Waals surface area contributed by atoms with Crippen LogP contribution in [0.5, 0.6) is 5.75 Å². The highest BCUT2D eigenvalue weighted by Gasteiger charge is 2.18. The molecule has 5 heteroatoms. The van der Waals surface area contributed by atoms with Crippen molar-refractivity contribution in [2.45, 2.75) is 26.0 Å². The summed E-state index contributed by atoms with van der Waals surface area (Å²) >= 11 is 6.90. The molecule has 0 aliphatic heterocycles. The minimum atomic E-state index is -0.340. The van der Waals surface area contributed by atoms with E-state index < -0.39 is 0 Å². The number of nitrogens with two attached hydrogens (primary N) is 1. The molecule has 0 aliphatic carbocycles. The van der Waals surface area contributed by atoms with Crippen LogP contribution in [0.15, 0.2) is 45.5 Å². The van der Waals surface area contributed by atoms with Gasteiger partial charge in [0.2, 0.25) is 0 Å². The lowest BCUT2D eigenvalue weighted by Gasteiger charge is -2.19. The van der Waals surface area contributed by atoms with Crippen molar-refractivity contribution in [2.75, 3.05) is 0 Å². The predicted octanol–water partition coefficient (Wildman–Crippen LogP) is 4.44. The second kappa shape index (κ2) is 6.70. The molecule has 20 heavy (non-hydrogen) atoms. The van der Waals surface area contributed by atoms with Crippen molar-refractivity contribution in [1.82, 2.24) is 4.98 Å². The summed E-state index contributed by atoms with van der Waals surface area (Å²) in [6.45, 7) is 3.99. The molecule has 0 fully saturated rings. The first kappa shape index (κ1) is 15.5. The van der Waals surface area contributed by atoms with E-state index >= 15 is 0 Å². The monoisotopic (exact) mass is 398 g/mol. The smallest absolute Gasteiger partial charge is 0.124 e. The molecule has 0 saturated carbocycles. The summed E-state index contributed by atoms with van der Waals surface area (Å²) < 4.78 is 7.60. The van der Waals surface area contributed by atoms with E-state index in [1.165, 1.54) is 0 Å². The molecule has 1 heterocycles. The summed E-state index contributed by atoms with van der Waals surface area (Å²) in [5.74, 6) is 0.798. The van der Waals surface area contributed by atoms with Gasteiger partial charge in [0.15, 0.2) is 0 Å². The fraction of sp³-hybridized carbons (Fsp3) is 0.267. The van der Waals surface area contributed by atoms with Crippen LogP contribution in [0, 0.1) is 0 Å². The van der Waals surface area contributed by atoms with E-state index in [1.54, 1.807) is 6.20 Å². The first-order valence-electron chi connectivity index (χ1n) is 6.31. The summed E-state index contributed by atoms with van der Waals surface area (Å²) in [5.41, 5.74) is 8.07. The number of rotatable bonds is 4. The van der Waals surface area contributed by atoms with Gasteiger partial charge in [-0.25, -0.2) is 0 Å². The molecule has 0 saturated heterocycles. The minimum Gasteiger partial charge on any atom is -0.491 e. The van der Waals surface area contributed by atoms with Gasteiger partial charge in [0, 0.05) is 20.7 Å². The van der Waals surface area contributed by atoms with Gasteiger partial charge in [0.05, 0.1) is 17.8 Å². The second-order valence-electron chi connectivity index (χ2n) is 4.70. The zero-order valence-electron chi connectivity index (χ0n) is 11.3. The third kappa shape index (κ3) is 3.59. The third-order valence-electron chi connectivity index (χ3n) is 2.75. The Morgan fingerprint density at radius 2 is 1.90 bits per heavy atom. The highest BCUT2D eigenvalue weighted by molar-refractivity contribution is 9.11. The van der Waals surface area contributed by atoms with Crippen molar-refractivity contribution in [3.05, 3.63) is 56.7 Å². The number of ether oxygens (including phenoxy) is 1. The average Bonchev–Trinajstić information content (AvgIpc) is 2.38. The number of aromatic nitrogens is 1. The largest absolute Gasteiger partial charge is 0.491 e. The number of para-hydroxylation sites is 1. The number of pyridine rings is 1. The Hall–Kier alpha value is -0.910. The lowest BCUT2D eigenvalue weighted by atomic mass is 10.0. The Kier molecular flexibility index (Phi) is 5.18. The van der Waals surface area contributed by atoms with E-state index in [9.17, 15) is 0 Å². The van der Waals surface area contributed by atoms with Gasteiger partial charge in [-0.05, 0) is 57.8 Å². The molecule has 1 aromatic carbocycles. The summed E-state index contributed by atoms with van der Waals surface area (Å²) in [6, 6.07) is 9.40. The zero-order chi connectivity index (χ0) is 14.7. The number of halogens is 2. The van der Waals surface area contributed by atoms with Gasteiger partial charge in [-0.2, -0.15) is 0 Å². The summed E-state index contributed by atoms with van der Waals surface area (Å²) in [6.07, 6.45) is 1.84. The lowest BCUT2D eigenvalue weighted by molar-refractivity contribution is 0.239. The molecule has 1 aromatic heterocycles. The Labute approximate surface area is 135 Å². The van der Waals surface area contributed by atoms with Crippen LogP contribution in [0.2, 0.25) is 0 Å². The maximum atomic E-state index is 6.36. The summed E-state index contributed by atoms with van der Waals surface area (Å²) in [7, 11) is 0. The molecule has 2 aromatic rings. The number of benzene rings is 1. The SMILES string of the molecule is CC(C)Oc1ccccc1C(N)c1ncc(Br)cc1Br. The molecule has 0 amide bonds. The quantitative estimate of drug-likeness (QED) is 0.826. The van der Waals surface area contributed by atoms with Crippen LogP contribution in [0.1, 0.15) is 31.1 Å². The van der Waals surface area contributed by atoms with Crippen molar-refractivity contribution in [2.24, 2.45) is 5.73 Å². The Balaban J connectivity index is 2.40. The van der Waals surface area contributed by atoms with Crippen LogP contribution in [-0.2, 0) is 0 Å². The fourth-order valence-electron chi connectivity index (χ4n) is 1.90. The van der Waals surface area contributed by atoms with Crippen molar-refractivity contribution in [1.29, 1.82) is 0 Å². The van der Waals surface area contributed by atoms with Gasteiger partial charge >= 0.3 is 0 Å². The molecule has 2 N–H and O–H groups in total. The Morgan fingerprint density at radius 3 is 2.55 bits per heavy atom.